The number of benzene rings is 1. The van der Waals surface area contributed by atoms with Crippen LogP contribution < -0.4 is 10.1 Å². The van der Waals surface area contributed by atoms with Gasteiger partial charge < -0.3 is 14.8 Å². The van der Waals surface area contributed by atoms with Gasteiger partial charge in [-0.25, -0.2) is 4.79 Å². The number of hydrogen-bond acceptors (Lipinski definition) is 5. The van der Waals surface area contributed by atoms with E-state index >= 15 is 0 Å². The van der Waals surface area contributed by atoms with Crippen molar-refractivity contribution in [2.75, 3.05) is 13.2 Å². The molecule has 0 bridgehead atoms. The van der Waals surface area contributed by atoms with E-state index in [4.69, 9.17) is 9.47 Å². The van der Waals surface area contributed by atoms with E-state index in [1.807, 2.05) is 38.1 Å². The number of hydrogen-bond donors (Lipinski definition) is 1. The molecule has 28 heavy (non-hydrogen) atoms. The molecule has 1 aliphatic heterocycles. The number of carbonyl (C=O) groups is 2. The van der Waals surface area contributed by atoms with Crippen LogP contribution in [0.3, 0.4) is 0 Å². The molecule has 0 radical (unpaired) electrons. The van der Waals surface area contributed by atoms with Crippen molar-refractivity contribution in [3.05, 3.63) is 52.9 Å². The van der Waals surface area contributed by atoms with Crippen LogP contribution in [0.5, 0.6) is 5.75 Å². The molecule has 1 aromatic carbocycles. The number of rotatable bonds is 5. The second-order valence-corrected chi connectivity index (χ2v) is 8.04. The van der Waals surface area contributed by atoms with Gasteiger partial charge in [0.2, 0.25) is 0 Å². The van der Waals surface area contributed by atoms with Gasteiger partial charge in [-0.05, 0) is 32.3 Å². The van der Waals surface area contributed by atoms with Crippen LogP contribution >= 0.6 is 0 Å². The van der Waals surface area contributed by atoms with Crippen molar-refractivity contribution in [3.63, 3.8) is 0 Å². The highest BCUT2D eigenvalue weighted by Crippen LogP contribution is 2.48. The molecular formula is C23H29NO4. The lowest BCUT2D eigenvalue weighted by Gasteiger charge is -2.41. The summed E-state index contributed by atoms with van der Waals surface area (Å²) >= 11 is 0. The highest BCUT2D eigenvalue weighted by molar-refractivity contribution is 5.96. The molecule has 1 aliphatic carbocycles. The fourth-order valence-electron chi connectivity index (χ4n) is 4.31. The summed E-state index contributed by atoms with van der Waals surface area (Å²) in [5, 5.41) is 3.32. The van der Waals surface area contributed by atoms with Crippen LogP contribution in [-0.2, 0) is 14.3 Å². The number of para-hydroxylation sites is 1. The SMILES string of the molecule is CCOC(=O)C1=C(C)NC2=CC(C)(C)CC(=O)C2C1c1ccccc1OCC. The number of nitrogens with one attached hydrogen (secondary N) is 1. The predicted molar refractivity (Wildman–Crippen MR) is 108 cm³/mol. The van der Waals surface area contributed by atoms with E-state index in [1.165, 1.54) is 0 Å². The molecule has 2 atom stereocenters. The molecular weight excluding hydrogens is 354 g/mol. The first-order chi connectivity index (χ1) is 13.3. The summed E-state index contributed by atoms with van der Waals surface area (Å²) in [6.45, 7) is 10.5. The molecule has 5 heteroatoms. The van der Waals surface area contributed by atoms with Gasteiger partial charge in [0.25, 0.3) is 0 Å². The molecule has 1 aromatic rings. The molecule has 5 nitrogen and oxygen atoms in total. The van der Waals surface area contributed by atoms with Crippen molar-refractivity contribution in [2.24, 2.45) is 11.3 Å². The Morgan fingerprint density at radius 3 is 2.57 bits per heavy atom. The van der Waals surface area contributed by atoms with Gasteiger partial charge in [-0.1, -0.05) is 38.1 Å². The van der Waals surface area contributed by atoms with Gasteiger partial charge in [-0.15, -0.1) is 0 Å². The highest BCUT2D eigenvalue weighted by Gasteiger charge is 2.47. The third-order valence-electron chi connectivity index (χ3n) is 5.29. The second-order valence-electron chi connectivity index (χ2n) is 8.04. The van der Waals surface area contributed by atoms with Crippen LogP contribution in [0.2, 0.25) is 0 Å². The molecule has 3 rings (SSSR count). The van der Waals surface area contributed by atoms with E-state index in [1.54, 1.807) is 6.92 Å². The highest BCUT2D eigenvalue weighted by atomic mass is 16.5. The van der Waals surface area contributed by atoms with Crippen molar-refractivity contribution in [3.8, 4) is 5.75 Å². The van der Waals surface area contributed by atoms with E-state index in [9.17, 15) is 9.59 Å². The fraction of sp³-hybridized carbons (Fsp3) is 0.478. The van der Waals surface area contributed by atoms with Crippen LogP contribution in [0, 0.1) is 11.3 Å². The van der Waals surface area contributed by atoms with Gasteiger partial charge in [-0.2, -0.15) is 0 Å². The number of ether oxygens (including phenoxy) is 2. The summed E-state index contributed by atoms with van der Waals surface area (Å²) in [6.07, 6.45) is 2.56. The standard InChI is InChI=1S/C23H29NO4/c1-6-27-18-11-9-8-10-15(18)20-19(22(26)28-7-2)14(3)24-16-12-23(4,5)13-17(25)21(16)20/h8-12,20-21,24H,6-7,13H2,1-5H3. The summed E-state index contributed by atoms with van der Waals surface area (Å²) in [5.74, 6) is -0.444. The molecule has 0 aromatic heterocycles. The van der Waals surface area contributed by atoms with Crippen LogP contribution in [0.25, 0.3) is 0 Å². The Morgan fingerprint density at radius 1 is 1.18 bits per heavy atom. The van der Waals surface area contributed by atoms with E-state index in [0.717, 1.165) is 17.0 Å². The fourth-order valence-corrected chi connectivity index (χ4v) is 4.31. The van der Waals surface area contributed by atoms with Crippen LogP contribution in [0.1, 0.15) is 52.5 Å². The minimum Gasteiger partial charge on any atom is -0.494 e. The molecule has 0 amide bonds. The number of Topliss-reactive ketones (excluding diaryl/α,β-unsaturated/α-hetero) is 1. The van der Waals surface area contributed by atoms with Gasteiger partial charge in [0, 0.05) is 29.3 Å². The Hall–Kier alpha value is -2.56. The third kappa shape index (κ3) is 3.71. The first-order valence-corrected chi connectivity index (χ1v) is 9.91. The maximum atomic E-state index is 13.2. The Balaban J connectivity index is 2.22. The molecule has 0 spiro atoms. The third-order valence-corrected chi connectivity index (χ3v) is 5.29. The summed E-state index contributed by atoms with van der Waals surface area (Å²) in [7, 11) is 0. The zero-order valence-electron chi connectivity index (χ0n) is 17.3. The van der Waals surface area contributed by atoms with Gasteiger partial charge in [0.1, 0.15) is 11.5 Å². The van der Waals surface area contributed by atoms with Crippen molar-refractivity contribution in [1.29, 1.82) is 0 Å². The Labute approximate surface area is 166 Å². The lowest BCUT2D eigenvalue weighted by atomic mass is 9.66. The van der Waals surface area contributed by atoms with Gasteiger partial charge >= 0.3 is 5.97 Å². The number of fused-ring (bicyclic) bond motifs is 1. The molecule has 0 saturated carbocycles. The minimum absolute atomic E-state index is 0.126. The summed E-state index contributed by atoms with van der Waals surface area (Å²) in [4.78, 5) is 26.1. The van der Waals surface area contributed by atoms with E-state index < -0.39 is 11.8 Å². The van der Waals surface area contributed by atoms with Crippen molar-refractivity contribution in [2.45, 2.75) is 47.0 Å². The second kappa shape index (κ2) is 7.82. The van der Waals surface area contributed by atoms with Crippen LogP contribution in [0.15, 0.2) is 47.3 Å². The smallest absolute Gasteiger partial charge is 0.336 e. The predicted octanol–water partition coefficient (Wildman–Crippen LogP) is 4.11. The molecule has 0 saturated heterocycles. The molecule has 2 unspecified atom stereocenters. The van der Waals surface area contributed by atoms with Crippen molar-refractivity contribution in [1.82, 2.24) is 5.32 Å². The van der Waals surface area contributed by atoms with E-state index in [0.29, 0.717) is 24.4 Å². The summed E-state index contributed by atoms with van der Waals surface area (Å²) < 4.78 is 11.2. The topological polar surface area (TPSA) is 64.6 Å². The van der Waals surface area contributed by atoms with Gasteiger partial charge in [0.05, 0.1) is 24.7 Å². The number of allylic oxidation sites excluding steroid dienone is 3. The Kier molecular flexibility index (Phi) is 5.64. The van der Waals surface area contributed by atoms with Gasteiger partial charge in [-0.3, -0.25) is 4.79 Å². The molecule has 150 valence electrons. The monoisotopic (exact) mass is 383 g/mol. The zero-order chi connectivity index (χ0) is 20.5. The average molecular weight is 383 g/mol. The van der Waals surface area contributed by atoms with Gasteiger partial charge in [0.15, 0.2) is 0 Å². The first-order valence-electron chi connectivity index (χ1n) is 9.91. The number of esters is 1. The van der Waals surface area contributed by atoms with Crippen molar-refractivity contribution >= 4 is 11.8 Å². The Morgan fingerprint density at radius 2 is 1.89 bits per heavy atom. The lowest BCUT2D eigenvalue weighted by molar-refractivity contribution is -0.139. The maximum Gasteiger partial charge on any atom is 0.336 e. The van der Waals surface area contributed by atoms with Crippen LogP contribution in [0.4, 0.5) is 0 Å². The minimum atomic E-state index is -0.447. The van der Waals surface area contributed by atoms with Crippen LogP contribution in [-0.4, -0.2) is 25.0 Å². The number of carbonyl (C=O) groups excluding carboxylic acids is 2. The largest absolute Gasteiger partial charge is 0.494 e. The van der Waals surface area contributed by atoms with E-state index in [2.05, 4.69) is 25.2 Å². The number of ketones is 1. The summed E-state index contributed by atoms with van der Waals surface area (Å²) in [6, 6.07) is 7.65. The average Bonchev–Trinajstić information content (AvgIpc) is 2.60. The molecule has 0 fully saturated rings. The maximum absolute atomic E-state index is 13.2. The van der Waals surface area contributed by atoms with E-state index in [-0.39, 0.29) is 23.8 Å². The van der Waals surface area contributed by atoms with Crippen molar-refractivity contribution < 1.29 is 19.1 Å². The lowest BCUT2D eigenvalue weighted by Crippen LogP contribution is -2.43. The quantitative estimate of drug-likeness (QED) is 0.775. The normalized spacial score (nSPS) is 23.5. The zero-order valence-corrected chi connectivity index (χ0v) is 17.3. The first kappa shape index (κ1) is 20.2. The summed E-state index contributed by atoms with van der Waals surface area (Å²) in [5.41, 5.74) is 2.72. The molecule has 1 heterocycles. The molecule has 2 aliphatic rings. The molecule has 1 N–H and O–H groups in total. The Bertz CT molecular complexity index is 850.